The molecule has 0 saturated carbocycles. The second-order valence-electron chi connectivity index (χ2n) is 7.46. The normalized spacial score (nSPS) is 11.8. The van der Waals surface area contributed by atoms with E-state index in [9.17, 15) is 9.59 Å². The second-order valence-corrected chi connectivity index (χ2v) is 8.43. The molecule has 0 aliphatic carbocycles. The van der Waals surface area contributed by atoms with Gasteiger partial charge < -0.3 is 10.6 Å². The Bertz CT molecular complexity index is 1030. The Morgan fingerprint density at radius 2 is 1.67 bits per heavy atom. The van der Waals surface area contributed by atoms with Crippen molar-refractivity contribution in [3.05, 3.63) is 59.7 Å². The van der Waals surface area contributed by atoms with Crippen LogP contribution in [0.3, 0.4) is 0 Å². The van der Waals surface area contributed by atoms with Crippen LogP contribution in [0.25, 0.3) is 10.6 Å². The van der Waals surface area contributed by atoms with Gasteiger partial charge in [-0.15, -0.1) is 10.2 Å². The van der Waals surface area contributed by atoms with Crippen molar-refractivity contribution in [2.75, 3.05) is 10.6 Å². The Labute approximate surface area is 179 Å². The summed E-state index contributed by atoms with van der Waals surface area (Å²) in [6, 6.07) is 14.2. The van der Waals surface area contributed by atoms with Crippen LogP contribution in [0.4, 0.5) is 15.6 Å². The summed E-state index contributed by atoms with van der Waals surface area (Å²) in [6.45, 7) is 7.72. The average molecular weight is 424 g/mol. The largest absolute Gasteiger partial charge is 0.326 e. The number of anilines is 2. The van der Waals surface area contributed by atoms with E-state index in [4.69, 9.17) is 0 Å². The zero-order valence-electron chi connectivity index (χ0n) is 17.4. The van der Waals surface area contributed by atoms with Gasteiger partial charge in [0.25, 0.3) is 0 Å². The van der Waals surface area contributed by atoms with E-state index in [1.54, 1.807) is 0 Å². The third-order valence-corrected chi connectivity index (χ3v) is 5.35. The van der Waals surface area contributed by atoms with Crippen LogP contribution in [0, 0.1) is 19.8 Å². The molecule has 0 aliphatic heterocycles. The molecule has 2 aromatic carbocycles. The van der Waals surface area contributed by atoms with Gasteiger partial charge in [0.05, 0.1) is 0 Å². The van der Waals surface area contributed by atoms with Gasteiger partial charge in [-0.3, -0.25) is 10.1 Å². The van der Waals surface area contributed by atoms with Gasteiger partial charge >= 0.3 is 6.03 Å². The number of amides is 3. The van der Waals surface area contributed by atoms with Crippen molar-refractivity contribution in [2.45, 2.75) is 33.7 Å². The van der Waals surface area contributed by atoms with Crippen molar-refractivity contribution in [3.8, 4) is 10.6 Å². The minimum absolute atomic E-state index is 0.113. The van der Waals surface area contributed by atoms with Crippen LogP contribution in [0.15, 0.2) is 48.5 Å². The summed E-state index contributed by atoms with van der Waals surface area (Å²) in [6.07, 6.45) is 0. The van der Waals surface area contributed by atoms with E-state index in [-0.39, 0.29) is 11.8 Å². The maximum Gasteiger partial charge on any atom is 0.319 e. The highest BCUT2D eigenvalue weighted by molar-refractivity contribution is 7.18. The first kappa shape index (κ1) is 21.4. The summed E-state index contributed by atoms with van der Waals surface area (Å²) in [5.41, 5.74) is 3.83. The Kier molecular flexibility index (Phi) is 6.79. The lowest BCUT2D eigenvalue weighted by Crippen LogP contribution is -2.48. The Morgan fingerprint density at radius 1 is 0.933 bits per heavy atom. The number of benzene rings is 2. The summed E-state index contributed by atoms with van der Waals surface area (Å²) in [5.74, 6) is -0.450. The molecule has 3 aromatic rings. The SMILES string of the molecule is Cc1ccc(NC(=O)NC(C(=O)Nc2nnc(-c3cccc(C)c3)s2)C(C)C)cc1. The summed E-state index contributed by atoms with van der Waals surface area (Å²) >= 11 is 1.29. The fourth-order valence-electron chi connectivity index (χ4n) is 2.83. The first-order chi connectivity index (χ1) is 14.3. The van der Waals surface area contributed by atoms with Crippen LogP contribution in [-0.4, -0.2) is 28.2 Å². The molecule has 0 bridgehead atoms. The molecule has 0 radical (unpaired) electrons. The number of carbonyl (C=O) groups is 2. The van der Waals surface area contributed by atoms with Gasteiger partial charge in [0, 0.05) is 11.3 Å². The number of hydrogen-bond donors (Lipinski definition) is 3. The molecule has 0 fully saturated rings. The van der Waals surface area contributed by atoms with Crippen LogP contribution >= 0.6 is 11.3 Å². The van der Waals surface area contributed by atoms with Gasteiger partial charge in [-0.05, 0) is 38.0 Å². The van der Waals surface area contributed by atoms with E-state index in [2.05, 4.69) is 26.1 Å². The fourth-order valence-corrected chi connectivity index (χ4v) is 3.57. The molecule has 0 aliphatic rings. The quantitative estimate of drug-likeness (QED) is 0.540. The third kappa shape index (κ3) is 5.64. The van der Waals surface area contributed by atoms with E-state index in [1.165, 1.54) is 11.3 Å². The summed E-state index contributed by atoms with van der Waals surface area (Å²) in [4.78, 5) is 25.1. The number of urea groups is 1. The van der Waals surface area contributed by atoms with Crippen molar-refractivity contribution in [1.82, 2.24) is 15.5 Å². The smallest absolute Gasteiger partial charge is 0.319 e. The lowest BCUT2D eigenvalue weighted by molar-refractivity contribution is -0.118. The Hall–Kier alpha value is -3.26. The van der Waals surface area contributed by atoms with E-state index in [1.807, 2.05) is 76.2 Å². The van der Waals surface area contributed by atoms with Crippen molar-refractivity contribution in [1.29, 1.82) is 0 Å². The molecule has 3 amide bonds. The summed E-state index contributed by atoms with van der Waals surface area (Å²) < 4.78 is 0. The van der Waals surface area contributed by atoms with Crippen LogP contribution < -0.4 is 16.0 Å². The molecule has 0 saturated heterocycles. The van der Waals surface area contributed by atoms with Gasteiger partial charge in [0.2, 0.25) is 11.0 Å². The first-order valence-electron chi connectivity index (χ1n) is 9.67. The number of nitrogens with zero attached hydrogens (tertiary/aromatic N) is 2. The van der Waals surface area contributed by atoms with Crippen molar-refractivity contribution in [3.63, 3.8) is 0 Å². The molecular weight excluding hydrogens is 398 g/mol. The van der Waals surface area contributed by atoms with Crippen LogP contribution in [0.2, 0.25) is 0 Å². The van der Waals surface area contributed by atoms with Crippen LogP contribution in [-0.2, 0) is 4.79 Å². The molecule has 8 heteroatoms. The molecule has 156 valence electrons. The number of aromatic nitrogens is 2. The van der Waals surface area contributed by atoms with Gasteiger partial charge in [-0.2, -0.15) is 0 Å². The Balaban J connectivity index is 1.64. The van der Waals surface area contributed by atoms with Gasteiger partial charge in [-0.1, -0.05) is 66.6 Å². The predicted molar refractivity (Wildman–Crippen MR) is 121 cm³/mol. The van der Waals surface area contributed by atoms with Crippen molar-refractivity contribution in [2.24, 2.45) is 5.92 Å². The Morgan fingerprint density at radius 3 is 2.33 bits per heavy atom. The first-order valence-corrected chi connectivity index (χ1v) is 10.5. The molecule has 3 N–H and O–H groups in total. The molecule has 1 aromatic heterocycles. The summed E-state index contributed by atoms with van der Waals surface area (Å²) in [5, 5.41) is 17.6. The van der Waals surface area contributed by atoms with Crippen LogP contribution in [0.1, 0.15) is 25.0 Å². The number of rotatable bonds is 6. The summed E-state index contributed by atoms with van der Waals surface area (Å²) in [7, 11) is 0. The van der Waals surface area contributed by atoms with Gasteiger partial charge in [0.1, 0.15) is 11.0 Å². The maximum absolute atomic E-state index is 12.8. The molecule has 30 heavy (non-hydrogen) atoms. The molecule has 7 nitrogen and oxygen atoms in total. The molecular formula is C22H25N5O2S. The number of aryl methyl sites for hydroxylation is 2. The topological polar surface area (TPSA) is 96.0 Å². The van der Waals surface area contributed by atoms with E-state index < -0.39 is 12.1 Å². The number of carbonyl (C=O) groups excluding carboxylic acids is 2. The van der Waals surface area contributed by atoms with E-state index in [0.29, 0.717) is 10.8 Å². The minimum atomic E-state index is -0.721. The van der Waals surface area contributed by atoms with E-state index in [0.717, 1.165) is 21.7 Å². The molecule has 1 atom stereocenters. The highest BCUT2D eigenvalue weighted by Crippen LogP contribution is 2.27. The monoisotopic (exact) mass is 423 g/mol. The minimum Gasteiger partial charge on any atom is -0.326 e. The predicted octanol–water partition coefficient (Wildman–Crippen LogP) is 4.61. The zero-order chi connectivity index (χ0) is 21.7. The fraction of sp³-hybridized carbons (Fsp3) is 0.273. The molecule has 3 rings (SSSR count). The number of nitrogens with one attached hydrogen (secondary N) is 3. The second kappa shape index (κ2) is 9.49. The highest BCUT2D eigenvalue weighted by atomic mass is 32.1. The third-order valence-electron chi connectivity index (χ3n) is 4.47. The molecule has 0 spiro atoms. The van der Waals surface area contributed by atoms with E-state index >= 15 is 0 Å². The lowest BCUT2D eigenvalue weighted by atomic mass is 10.0. The highest BCUT2D eigenvalue weighted by Gasteiger charge is 2.25. The van der Waals surface area contributed by atoms with Crippen molar-refractivity contribution >= 4 is 34.1 Å². The number of hydrogen-bond acceptors (Lipinski definition) is 5. The average Bonchev–Trinajstić information content (AvgIpc) is 3.16. The standard InChI is InChI=1S/C22H25N5O2S/c1-13(2)18(24-21(29)23-17-10-8-14(3)9-11-17)19(28)25-22-27-26-20(30-22)16-7-5-6-15(4)12-16/h5-13,18H,1-4H3,(H2,23,24,29)(H,25,27,28). The van der Waals surface area contributed by atoms with Crippen molar-refractivity contribution < 1.29 is 9.59 Å². The molecule has 1 heterocycles. The lowest BCUT2D eigenvalue weighted by Gasteiger charge is -2.21. The van der Waals surface area contributed by atoms with Gasteiger partial charge in [0.15, 0.2) is 0 Å². The van der Waals surface area contributed by atoms with Crippen LogP contribution in [0.5, 0.6) is 0 Å². The maximum atomic E-state index is 12.8. The van der Waals surface area contributed by atoms with Gasteiger partial charge in [-0.25, -0.2) is 4.79 Å². The zero-order valence-corrected chi connectivity index (χ0v) is 18.2. The molecule has 1 unspecified atom stereocenters.